The summed E-state index contributed by atoms with van der Waals surface area (Å²) in [5, 5.41) is 10.7. The monoisotopic (exact) mass is 757 g/mol. The number of para-hydroxylation sites is 1. The molecule has 3 unspecified atom stereocenters. The maximum atomic E-state index is 15.4. The van der Waals surface area contributed by atoms with Gasteiger partial charge in [0.15, 0.2) is 0 Å². The number of aryl methyl sites for hydroxylation is 2. The number of hydrogen-bond acceptors (Lipinski definition) is 6. The van der Waals surface area contributed by atoms with Gasteiger partial charge in [-0.3, -0.25) is 14.4 Å². The quantitative estimate of drug-likeness (QED) is 0.156. The SMILES string of the molecule is C=CCN(C(=O)[C@H]1[C@@H]2SC3(CC2Br)C(C(=O)N(CC=C)c2c(C)cccc2C)N([C@H](CO)c2ccccc2)C(=O)[C@H]13)c1ccc(OCC)cc1. The molecule has 0 saturated carbocycles. The van der Waals surface area contributed by atoms with Crippen molar-refractivity contribution in [3.63, 3.8) is 0 Å². The third-order valence-corrected chi connectivity index (χ3v) is 13.5. The molecule has 2 bridgehead atoms. The Morgan fingerprint density at radius 2 is 1.64 bits per heavy atom. The summed E-state index contributed by atoms with van der Waals surface area (Å²) in [5.74, 6) is -1.54. The van der Waals surface area contributed by atoms with Crippen LogP contribution in [-0.2, 0) is 14.4 Å². The van der Waals surface area contributed by atoms with Gasteiger partial charge >= 0.3 is 0 Å². The maximum absolute atomic E-state index is 15.4. The molecule has 0 radical (unpaired) electrons. The Labute approximate surface area is 307 Å². The van der Waals surface area contributed by atoms with E-state index in [9.17, 15) is 9.90 Å². The molecule has 1 spiro atoms. The summed E-state index contributed by atoms with van der Waals surface area (Å²) in [6.45, 7) is 14.4. The van der Waals surface area contributed by atoms with Crippen LogP contribution in [0.25, 0.3) is 0 Å². The lowest BCUT2D eigenvalue weighted by Crippen LogP contribution is -2.57. The van der Waals surface area contributed by atoms with Crippen molar-refractivity contribution in [2.45, 2.75) is 54.1 Å². The molecule has 7 atom stereocenters. The maximum Gasteiger partial charge on any atom is 0.251 e. The predicted molar refractivity (Wildman–Crippen MR) is 204 cm³/mol. The van der Waals surface area contributed by atoms with Crippen molar-refractivity contribution < 1.29 is 24.2 Å². The van der Waals surface area contributed by atoms with E-state index in [-0.39, 0.29) is 47.5 Å². The number of rotatable bonds is 13. The summed E-state index contributed by atoms with van der Waals surface area (Å²) in [6, 6.07) is 20.8. The number of alkyl halides is 1. The van der Waals surface area contributed by atoms with Crippen molar-refractivity contribution in [2.24, 2.45) is 11.8 Å². The highest BCUT2D eigenvalue weighted by molar-refractivity contribution is 9.09. The minimum Gasteiger partial charge on any atom is -0.494 e. The Morgan fingerprint density at radius 3 is 2.24 bits per heavy atom. The molecule has 3 aromatic rings. The lowest BCUT2D eigenvalue weighted by atomic mass is 9.70. The van der Waals surface area contributed by atoms with Crippen LogP contribution in [-0.4, -0.2) is 74.9 Å². The largest absolute Gasteiger partial charge is 0.494 e. The van der Waals surface area contributed by atoms with E-state index in [1.165, 1.54) is 0 Å². The molecule has 6 rings (SSSR count). The van der Waals surface area contributed by atoms with E-state index in [0.29, 0.717) is 24.5 Å². The number of aliphatic hydroxyl groups excluding tert-OH is 1. The number of thioether (sulfide) groups is 1. The summed E-state index contributed by atoms with van der Waals surface area (Å²) in [7, 11) is 0. The number of carbonyl (C=O) groups excluding carboxylic acids is 3. The Bertz CT molecular complexity index is 1750. The zero-order chi connectivity index (χ0) is 35.7. The van der Waals surface area contributed by atoms with Crippen molar-refractivity contribution in [2.75, 3.05) is 36.1 Å². The molecule has 3 aliphatic rings. The minimum atomic E-state index is -0.956. The summed E-state index contributed by atoms with van der Waals surface area (Å²) in [6.07, 6.45) is 3.89. The molecule has 10 heteroatoms. The molecular weight excluding hydrogens is 714 g/mol. The second-order valence-electron chi connectivity index (χ2n) is 13.2. The molecule has 0 aliphatic carbocycles. The highest BCUT2D eigenvalue weighted by atomic mass is 79.9. The van der Waals surface area contributed by atoms with Gasteiger partial charge in [0.25, 0.3) is 5.91 Å². The molecule has 1 N–H and O–H groups in total. The molecule has 3 fully saturated rings. The van der Waals surface area contributed by atoms with Gasteiger partial charge in [-0.05, 0) is 68.1 Å². The first-order valence-corrected chi connectivity index (χ1v) is 18.9. The van der Waals surface area contributed by atoms with Crippen LogP contribution in [0.1, 0.15) is 36.1 Å². The van der Waals surface area contributed by atoms with Crippen molar-refractivity contribution in [3.05, 3.63) is 115 Å². The van der Waals surface area contributed by atoms with Gasteiger partial charge < -0.3 is 24.5 Å². The van der Waals surface area contributed by atoms with Gasteiger partial charge in [0.05, 0.1) is 35.8 Å². The lowest BCUT2D eigenvalue weighted by Gasteiger charge is -2.40. The summed E-state index contributed by atoms with van der Waals surface area (Å²) < 4.78 is 4.71. The summed E-state index contributed by atoms with van der Waals surface area (Å²) in [4.78, 5) is 50.3. The molecule has 50 heavy (non-hydrogen) atoms. The Kier molecular flexibility index (Phi) is 10.6. The van der Waals surface area contributed by atoms with Crippen LogP contribution >= 0.6 is 27.7 Å². The Morgan fingerprint density at radius 1 is 1.00 bits per heavy atom. The van der Waals surface area contributed by atoms with Gasteiger partial charge in [-0.2, -0.15) is 0 Å². The fourth-order valence-electron chi connectivity index (χ4n) is 8.31. The molecule has 3 aromatic carbocycles. The average molecular weight is 759 g/mol. The predicted octanol–water partition coefficient (Wildman–Crippen LogP) is 6.64. The number of amides is 3. The first-order valence-electron chi connectivity index (χ1n) is 17.1. The highest BCUT2D eigenvalue weighted by Crippen LogP contribution is 2.69. The van der Waals surface area contributed by atoms with Gasteiger partial charge in [-0.25, -0.2) is 0 Å². The number of ether oxygens (including phenoxy) is 1. The molecule has 3 aliphatic heterocycles. The zero-order valence-corrected chi connectivity index (χ0v) is 31.1. The van der Waals surface area contributed by atoms with Crippen LogP contribution in [0.5, 0.6) is 5.75 Å². The highest BCUT2D eigenvalue weighted by Gasteiger charge is 2.76. The first kappa shape index (κ1) is 35.9. The molecule has 262 valence electrons. The van der Waals surface area contributed by atoms with E-state index in [1.54, 1.807) is 38.6 Å². The van der Waals surface area contributed by atoms with Gasteiger partial charge in [0.1, 0.15) is 11.8 Å². The fraction of sp³-hybridized carbons (Fsp3) is 0.375. The van der Waals surface area contributed by atoms with Crippen LogP contribution < -0.4 is 14.5 Å². The number of anilines is 2. The lowest BCUT2D eigenvalue weighted by molar-refractivity contribution is -0.142. The number of benzene rings is 3. The Balaban J connectivity index is 1.49. The van der Waals surface area contributed by atoms with Crippen molar-refractivity contribution in [1.82, 2.24) is 4.90 Å². The minimum absolute atomic E-state index is 0.121. The number of aliphatic hydroxyl groups is 1. The molecule has 0 aromatic heterocycles. The smallest absolute Gasteiger partial charge is 0.251 e. The average Bonchev–Trinajstić information content (AvgIpc) is 3.71. The summed E-state index contributed by atoms with van der Waals surface area (Å²) >= 11 is 5.49. The standard InChI is InChI=1S/C40H44BrN3O5S/c1-6-21-42(28-17-19-29(20-18-28)49-8-3)37(46)32-33-38(47)44(31(24-45)27-15-10-9-11-16-27)36(40(33)23-30(41)35(32)50-40)39(48)43(22-7-2)34-25(4)13-12-14-26(34)5/h6-7,9-20,30-33,35-36,45H,1-2,8,21-24H2,3-5H3/t30?,31-,32-,33+,35-,36?,40?/m1/s1. The molecular formula is C40H44BrN3O5S. The third kappa shape index (κ3) is 5.99. The second-order valence-corrected chi connectivity index (χ2v) is 15.9. The molecule has 3 amide bonds. The van der Waals surface area contributed by atoms with E-state index >= 15 is 9.59 Å². The van der Waals surface area contributed by atoms with Gasteiger partial charge in [0, 0.05) is 34.5 Å². The van der Waals surface area contributed by atoms with Crippen LogP contribution in [0.2, 0.25) is 0 Å². The van der Waals surface area contributed by atoms with Crippen molar-refractivity contribution >= 4 is 56.8 Å². The number of halogens is 1. The topological polar surface area (TPSA) is 90.4 Å². The fourth-order valence-corrected chi connectivity index (χ4v) is 11.9. The molecule has 8 nitrogen and oxygen atoms in total. The third-order valence-electron chi connectivity index (χ3n) is 10.3. The first-order chi connectivity index (χ1) is 24.1. The molecule has 3 saturated heterocycles. The number of nitrogens with zero attached hydrogens (tertiary/aromatic N) is 3. The van der Waals surface area contributed by atoms with E-state index in [4.69, 9.17) is 4.74 Å². The van der Waals surface area contributed by atoms with Crippen LogP contribution in [0.15, 0.2) is 98.1 Å². The summed E-state index contributed by atoms with van der Waals surface area (Å²) in [5.41, 5.74) is 4.03. The van der Waals surface area contributed by atoms with Gasteiger partial charge in [-0.1, -0.05) is 76.6 Å². The number of likely N-dealkylation sites (tertiary alicyclic amines) is 1. The second kappa shape index (κ2) is 14.8. The number of carbonyl (C=O) groups is 3. The van der Waals surface area contributed by atoms with Crippen molar-refractivity contribution in [3.8, 4) is 5.75 Å². The van der Waals surface area contributed by atoms with Gasteiger partial charge in [-0.15, -0.1) is 24.9 Å². The van der Waals surface area contributed by atoms with E-state index in [2.05, 4.69) is 29.1 Å². The van der Waals surface area contributed by atoms with E-state index in [0.717, 1.165) is 22.4 Å². The Hall–Kier alpha value is -3.86. The normalized spacial score (nSPS) is 25.6. The zero-order valence-electron chi connectivity index (χ0n) is 28.7. The van der Waals surface area contributed by atoms with Crippen LogP contribution in [0.4, 0.5) is 11.4 Å². The number of fused-ring (bicyclic) bond motifs is 1. The molecule has 3 heterocycles. The van der Waals surface area contributed by atoms with E-state index < -0.39 is 28.7 Å². The van der Waals surface area contributed by atoms with Crippen molar-refractivity contribution in [1.29, 1.82) is 0 Å². The van der Waals surface area contributed by atoms with Gasteiger partial charge in [0.2, 0.25) is 11.8 Å². The van der Waals surface area contributed by atoms with Crippen LogP contribution in [0.3, 0.4) is 0 Å². The van der Waals surface area contributed by atoms with Crippen LogP contribution in [0, 0.1) is 25.7 Å². The number of hydrogen-bond donors (Lipinski definition) is 1. The van der Waals surface area contributed by atoms with E-state index in [1.807, 2.05) is 93.6 Å².